The molecular formula is C23H23F3N6O3. The predicted molar refractivity (Wildman–Crippen MR) is 116 cm³/mol. The fourth-order valence-corrected chi connectivity index (χ4v) is 5.01. The van der Waals surface area contributed by atoms with E-state index in [9.17, 15) is 18.0 Å². The number of alkyl halides is 3. The lowest BCUT2D eigenvalue weighted by atomic mass is 9.97. The van der Waals surface area contributed by atoms with Crippen LogP contribution in [0.15, 0.2) is 42.9 Å². The SMILES string of the molecule is COC[C@@H]1[C@H]2C[C@@H](Oc3ccc(C(F)(F)F)cn3)[C@H](C2)N1C(=O)c1nc(C)ccc1-n1nccn1. The minimum absolute atomic E-state index is 0.0846. The number of rotatable bonds is 6. The highest BCUT2D eigenvalue weighted by Crippen LogP contribution is 2.45. The third kappa shape index (κ3) is 4.33. The average molecular weight is 488 g/mol. The molecular weight excluding hydrogens is 465 g/mol. The zero-order chi connectivity index (χ0) is 24.7. The quantitative estimate of drug-likeness (QED) is 0.526. The van der Waals surface area contributed by atoms with Crippen LogP contribution < -0.4 is 4.74 Å². The van der Waals surface area contributed by atoms with Crippen LogP contribution in [0.2, 0.25) is 0 Å². The molecule has 2 aliphatic rings. The zero-order valence-electron chi connectivity index (χ0n) is 19.0. The number of aryl methyl sites for hydroxylation is 1. The number of aromatic nitrogens is 5. The van der Waals surface area contributed by atoms with E-state index >= 15 is 0 Å². The topological polar surface area (TPSA) is 95.3 Å². The second-order valence-electron chi connectivity index (χ2n) is 8.71. The molecule has 0 spiro atoms. The van der Waals surface area contributed by atoms with Gasteiger partial charge >= 0.3 is 6.18 Å². The summed E-state index contributed by atoms with van der Waals surface area (Å²) in [6.45, 7) is 2.14. The molecule has 1 saturated carbocycles. The minimum atomic E-state index is -4.48. The highest BCUT2D eigenvalue weighted by molar-refractivity contribution is 5.96. The maximum atomic E-state index is 13.9. The van der Waals surface area contributed by atoms with Crippen molar-refractivity contribution in [1.29, 1.82) is 0 Å². The molecule has 0 unspecified atom stereocenters. The van der Waals surface area contributed by atoms with Crippen LogP contribution in [0.1, 0.15) is 34.6 Å². The van der Waals surface area contributed by atoms with E-state index < -0.39 is 17.8 Å². The third-order valence-electron chi connectivity index (χ3n) is 6.52. The van der Waals surface area contributed by atoms with E-state index in [4.69, 9.17) is 9.47 Å². The molecule has 35 heavy (non-hydrogen) atoms. The van der Waals surface area contributed by atoms with E-state index in [1.165, 1.54) is 23.3 Å². The van der Waals surface area contributed by atoms with Gasteiger partial charge in [0.1, 0.15) is 11.8 Å². The molecule has 0 N–H and O–H groups in total. The maximum absolute atomic E-state index is 13.9. The number of hydrogen-bond acceptors (Lipinski definition) is 7. The van der Waals surface area contributed by atoms with Crippen molar-refractivity contribution >= 4 is 5.91 Å². The standard InChI is InChI=1S/C23H23F3N6O3/c1-13-3-5-16(32-28-7-8-29-32)21(30-13)22(33)31-17-9-14(18(31)12-34-2)10-19(17)35-20-6-4-15(11-27-20)23(24,25)26/h3-8,11,14,17-19H,9-10,12H2,1-2H3/t14-,17+,18-,19-/m1/s1. The Morgan fingerprint density at radius 1 is 1.14 bits per heavy atom. The van der Waals surface area contributed by atoms with Gasteiger partial charge in [-0.1, -0.05) is 0 Å². The molecule has 9 nitrogen and oxygen atoms in total. The van der Waals surface area contributed by atoms with Crippen LogP contribution in [0, 0.1) is 12.8 Å². The van der Waals surface area contributed by atoms with Gasteiger partial charge in [0, 0.05) is 25.1 Å². The summed E-state index contributed by atoms with van der Waals surface area (Å²) in [4.78, 5) is 25.3. The number of carbonyl (C=O) groups is 1. The van der Waals surface area contributed by atoms with Gasteiger partial charge in [-0.05, 0) is 43.9 Å². The molecule has 3 aromatic rings. The summed E-state index contributed by atoms with van der Waals surface area (Å²) in [6.07, 6.45) is 0.209. The van der Waals surface area contributed by atoms with Crippen LogP contribution in [0.5, 0.6) is 5.88 Å². The van der Waals surface area contributed by atoms with E-state index in [1.54, 1.807) is 31.1 Å². The van der Waals surface area contributed by atoms with Gasteiger partial charge in [-0.3, -0.25) is 4.79 Å². The largest absolute Gasteiger partial charge is 0.472 e. The van der Waals surface area contributed by atoms with Gasteiger partial charge < -0.3 is 14.4 Å². The van der Waals surface area contributed by atoms with Crippen molar-refractivity contribution in [1.82, 2.24) is 29.9 Å². The number of hydrogen-bond donors (Lipinski definition) is 0. The van der Waals surface area contributed by atoms with E-state index in [0.717, 1.165) is 12.3 Å². The number of nitrogens with zero attached hydrogens (tertiary/aromatic N) is 6. The van der Waals surface area contributed by atoms with Crippen molar-refractivity contribution in [2.45, 2.75) is 44.1 Å². The Morgan fingerprint density at radius 3 is 2.57 bits per heavy atom. The van der Waals surface area contributed by atoms with Gasteiger partial charge in [0.05, 0.1) is 36.6 Å². The normalized spacial score (nSPS) is 23.6. The van der Waals surface area contributed by atoms with Crippen LogP contribution >= 0.6 is 0 Å². The molecule has 1 aliphatic carbocycles. The lowest BCUT2D eigenvalue weighted by Gasteiger charge is -2.39. The summed E-state index contributed by atoms with van der Waals surface area (Å²) in [7, 11) is 1.58. The Kier molecular flexibility index (Phi) is 5.91. The monoisotopic (exact) mass is 488 g/mol. The molecule has 1 amide bonds. The number of piperidine rings is 1. The number of pyridine rings is 2. The van der Waals surface area contributed by atoms with Crippen molar-refractivity contribution < 1.29 is 27.4 Å². The molecule has 5 rings (SSSR count). The minimum Gasteiger partial charge on any atom is -0.472 e. The summed E-state index contributed by atoms with van der Waals surface area (Å²) in [5.74, 6) is -0.106. The number of halogens is 3. The van der Waals surface area contributed by atoms with Crippen molar-refractivity contribution in [2.75, 3.05) is 13.7 Å². The number of likely N-dealkylation sites (tertiary alicyclic amines) is 1. The van der Waals surface area contributed by atoms with Crippen molar-refractivity contribution in [3.05, 3.63) is 59.8 Å². The summed E-state index contributed by atoms with van der Waals surface area (Å²) in [5.41, 5.74) is 0.478. The number of methoxy groups -OCH3 is 1. The first kappa shape index (κ1) is 23.2. The van der Waals surface area contributed by atoms with Crippen molar-refractivity contribution in [3.63, 3.8) is 0 Å². The van der Waals surface area contributed by atoms with Crippen molar-refractivity contribution in [2.24, 2.45) is 5.92 Å². The molecule has 184 valence electrons. The molecule has 1 saturated heterocycles. The first-order valence-corrected chi connectivity index (χ1v) is 11.1. The van der Waals surface area contributed by atoms with Crippen LogP contribution in [-0.2, 0) is 10.9 Å². The van der Waals surface area contributed by atoms with Gasteiger partial charge in [-0.25, -0.2) is 9.97 Å². The highest BCUT2D eigenvalue weighted by Gasteiger charge is 2.55. The summed E-state index contributed by atoms with van der Waals surface area (Å²) >= 11 is 0. The smallest absolute Gasteiger partial charge is 0.417 e. The second-order valence-corrected chi connectivity index (χ2v) is 8.71. The lowest BCUT2D eigenvalue weighted by molar-refractivity contribution is -0.137. The predicted octanol–water partition coefficient (Wildman–Crippen LogP) is 3.08. The van der Waals surface area contributed by atoms with E-state index in [0.29, 0.717) is 30.8 Å². The van der Waals surface area contributed by atoms with Gasteiger partial charge in [-0.15, -0.1) is 4.80 Å². The highest BCUT2D eigenvalue weighted by atomic mass is 19.4. The summed E-state index contributed by atoms with van der Waals surface area (Å²) in [6, 6.07) is 5.18. The van der Waals surface area contributed by atoms with Gasteiger partial charge in [0.15, 0.2) is 5.69 Å². The van der Waals surface area contributed by atoms with Crippen LogP contribution in [-0.4, -0.2) is 67.7 Å². The number of amides is 1. The maximum Gasteiger partial charge on any atom is 0.417 e. The molecule has 4 atom stereocenters. The first-order valence-electron chi connectivity index (χ1n) is 11.1. The van der Waals surface area contributed by atoms with E-state index in [2.05, 4.69) is 20.2 Å². The Hall–Kier alpha value is -3.54. The van der Waals surface area contributed by atoms with Crippen molar-refractivity contribution in [3.8, 4) is 11.6 Å². The molecule has 12 heteroatoms. The zero-order valence-corrected chi connectivity index (χ0v) is 19.0. The molecule has 0 radical (unpaired) electrons. The number of ether oxygens (including phenoxy) is 2. The first-order chi connectivity index (χ1) is 16.8. The molecule has 3 aromatic heterocycles. The van der Waals surface area contributed by atoms with Crippen LogP contribution in [0.4, 0.5) is 13.2 Å². The van der Waals surface area contributed by atoms with Gasteiger partial charge in [0.2, 0.25) is 5.88 Å². The molecule has 0 aromatic carbocycles. The Balaban J connectivity index is 1.43. The average Bonchev–Trinajstić information content (AvgIpc) is 3.56. The second kappa shape index (κ2) is 8.91. The lowest BCUT2D eigenvalue weighted by Crippen LogP contribution is -2.53. The van der Waals surface area contributed by atoms with Crippen LogP contribution in [0.25, 0.3) is 5.69 Å². The Labute approximate surface area is 198 Å². The van der Waals surface area contributed by atoms with Gasteiger partial charge in [0.25, 0.3) is 5.91 Å². The van der Waals surface area contributed by atoms with Gasteiger partial charge in [-0.2, -0.15) is 23.4 Å². The fraction of sp³-hybridized carbons (Fsp3) is 0.435. The number of fused-ring (bicyclic) bond motifs is 2. The Morgan fingerprint density at radius 2 is 1.91 bits per heavy atom. The molecule has 1 aliphatic heterocycles. The fourth-order valence-electron chi connectivity index (χ4n) is 5.01. The molecule has 2 bridgehead atoms. The van der Waals surface area contributed by atoms with E-state index in [1.807, 2.05) is 0 Å². The Bertz CT molecular complexity index is 1200. The third-order valence-corrected chi connectivity index (χ3v) is 6.52. The summed E-state index contributed by atoms with van der Waals surface area (Å²) < 4.78 is 50.0. The molecule has 4 heterocycles. The van der Waals surface area contributed by atoms with Crippen LogP contribution in [0.3, 0.4) is 0 Å². The summed E-state index contributed by atoms with van der Waals surface area (Å²) in [5, 5.41) is 8.28. The molecule has 2 fully saturated rings. The van der Waals surface area contributed by atoms with E-state index in [-0.39, 0.29) is 35.5 Å². The number of carbonyl (C=O) groups excluding carboxylic acids is 1.